The van der Waals surface area contributed by atoms with Gasteiger partial charge in [-0.2, -0.15) is 0 Å². The van der Waals surface area contributed by atoms with Gasteiger partial charge in [-0.05, 0) is 0 Å². The van der Waals surface area contributed by atoms with Crippen LogP contribution in [0.1, 0.15) is 0 Å². The minimum atomic E-state index is -1.56. The summed E-state index contributed by atoms with van der Waals surface area (Å²) in [5, 5.41) is 8.46. The van der Waals surface area contributed by atoms with Crippen molar-refractivity contribution in [2.75, 3.05) is 0 Å². The maximum absolute atomic E-state index is 8.46. The van der Waals surface area contributed by atoms with Gasteiger partial charge >= 0.3 is 69.4 Å². The Hall–Kier alpha value is -0.338. The van der Waals surface area contributed by atoms with Crippen molar-refractivity contribution in [3.63, 3.8) is 0 Å². The monoisotopic (exact) mass is 244 g/mol. The van der Waals surface area contributed by atoms with Gasteiger partial charge in [-0.15, -0.1) is 0 Å². The van der Waals surface area contributed by atoms with Crippen molar-refractivity contribution < 1.29 is 15.7 Å². The van der Waals surface area contributed by atoms with Crippen LogP contribution in [0.25, 0.3) is 0 Å². The van der Waals surface area contributed by atoms with E-state index in [1.54, 1.807) is 0 Å². The molecular formula is C7H5ClNPd. The second-order valence-electron chi connectivity index (χ2n) is 1.53. The van der Waals surface area contributed by atoms with Gasteiger partial charge in [0.2, 0.25) is 0 Å². The maximum atomic E-state index is 8.46. The van der Waals surface area contributed by atoms with Gasteiger partial charge in [-0.1, -0.05) is 0 Å². The summed E-state index contributed by atoms with van der Waals surface area (Å²) in [5.74, 6) is 0. The Kier molecular flexibility index (Phi) is 2.90. The normalized spacial score (nSPS) is 10.2. The third kappa shape index (κ3) is 1.82. The molecule has 0 amide bonds. The molecule has 1 rings (SSSR count). The van der Waals surface area contributed by atoms with Gasteiger partial charge in [0.05, 0.1) is 0 Å². The van der Waals surface area contributed by atoms with Crippen LogP contribution >= 0.6 is 9.53 Å². The summed E-state index contributed by atoms with van der Waals surface area (Å²) in [6.07, 6.45) is 0. The van der Waals surface area contributed by atoms with Crippen molar-refractivity contribution in [2.24, 2.45) is 0 Å². The number of benzene rings is 1. The number of halogens is 1. The summed E-state index contributed by atoms with van der Waals surface area (Å²) < 4.78 is 3.03. The van der Waals surface area contributed by atoms with Gasteiger partial charge in [0.25, 0.3) is 0 Å². The van der Waals surface area contributed by atoms with Gasteiger partial charge < -0.3 is 0 Å². The molecule has 0 N–H and O–H groups in total. The third-order valence-electron chi connectivity index (χ3n) is 0.935. The van der Waals surface area contributed by atoms with E-state index in [9.17, 15) is 0 Å². The molecule has 0 spiro atoms. The first-order valence-corrected chi connectivity index (χ1v) is 6.13. The van der Waals surface area contributed by atoms with Gasteiger partial charge in [0.15, 0.2) is 0 Å². The van der Waals surface area contributed by atoms with Crippen molar-refractivity contribution in [3.05, 3.63) is 30.3 Å². The Bertz CT molecular complexity index is 242. The van der Waals surface area contributed by atoms with Crippen molar-refractivity contribution in [2.45, 2.75) is 0 Å². The van der Waals surface area contributed by atoms with Gasteiger partial charge in [0, 0.05) is 0 Å². The summed E-state index contributed by atoms with van der Waals surface area (Å²) in [5.41, 5.74) is 0. The molecule has 0 saturated carbocycles. The fraction of sp³-hybridized carbons (Fsp3) is 0. The second-order valence-corrected chi connectivity index (χ2v) is 5.16. The first-order valence-electron chi connectivity index (χ1n) is 2.57. The molecule has 0 fully saturated rings. The molecule has 0 heterocycles. The molecule has 0 aliphatic carbocycles. The van der Waals surface area contributed by atoms with Crippen molar-refractivity contribution in [1.82, 2.24) is 0 Å². The van der Waals surface area contributed by atoms with Gasteiger partial charge in [-0.3, -0.25) is 0 Å². The molecule has 0 atom stereocenters. The van der Waals surface area contributed by atoms with E-state index in [0.717, 1.165) is 4.04 Å². The molecular weight excluding hydrogens is 240 g/mol. The Morgan fingerprint density at radius 1 is 1.30 bits per heavy atom. The predicted molar refractivity (Wildman–Crippen MR) is 37.5 cm³/mol. The third-order valence-corrected chi connectivity index (χ3v) is 3.68. The summed E-state index contributed by atoms with van der Waals surface area (Å²) in [7, 11) is 5.75. The first-order chi connectivity index (χ1) is 4.84. The molecule has 0 aromatic heterocycles. The SMILES string of the molecule is N#[C][Pd]([Cl])[c]1ccccc1. The van der Waals surface area contributed by atoms with E-state index in [2.05, 4.69) is 4.54 Å². The van der Waals surface area contributed by atoms with Crippen LogP contribution in [0, 0.1) is 9.80 Å². The molecule has 1 nitrogen and oxygen atoms in total. The van der Waals surface area contributed by atoms with E-state index in [1.165, 1.54) is 0 Å². The Labute approximate surface area is 69.5 Å². The van der Waals surface area contributed by atoms with E-state index in [0.29, 0.717) is 0 Å². The Balaban J connectivity index is 2.88. The van der Waals surface area contributed by atoms with E-state index >= 15 is 0 Å². The van der Waals surface area contributed by atoms with Gasteiger partial charge in [-0.25, -0.2) is 0 Å². The fourth-order valence-corrected chi connectivity index (χ4v) is 1.96. The van der Waals surface area contributed by atoms with Crippen LogP contribution in [0.2, 0.25) is 0 Å². The number of hydrogen-bond donors (Lipinski definition) is 0. The summed E-state index contributed by atoms with van der Waals surface area (Å²) >= 11 is -1.56. The molecule has 1 aromatic carbocycles. The van der Waals surface area contributed by atoms with Crippen molar-refractivity contribution >= 4 is 13.6 Å². The van der Waals surface area contributed by atoms with E-state index in [-0.39, 0.29) is 0 Å². The average Bonchev–Trinajstić information content (AvgIpc) is 2.05. The molecule has 0 radical (unpaired) electrons. The number of rotatable bonds is 1. The number of nitriles is 1. The molecule has 0 unspecified atom stereocenters. The van der Waals surface area contributed by atoms with E-state index in [1.807, 2.05) is 30.3 Å². The van der Waals surface area contributed by atoms with Crippen LogP contribution in [0.3, 0.4) is 0 Å². The zero-order chi connectivity index (χ0) is 7.40. The van der Waals surface area contributed by atoms with Crippen molar-refractivity contribution in [3.8, 4) is 4.54 Å². The van der Waals surface area contributed by atoms with Crippen LogP contribution in [0.4, 0.5) is 0 Å². The molecule has 10 heavy (non-hydrogen) atoms. The quantitative estimate of drug-likeness (QED) is 0.689. The molecule has 0 aliphatic heterocycles. The topological polar surface area (TPSA) is 23.8 Å². The first kappa shape index (κ1) is 7.77. The molecule has 0 saturated heterocycles. The summed E-state index contributed by atoms with van der Waals surface area (Å²) in [4.78, 5) is 0. The fourth-order valence-electron chi connectivity index (χ4n) is 0.536. The standard InChI is InChI=1S/C6H5.CN.ClH.Pd/c1-2-4-6-5-3-1;1-2;;/h1-5H;;1H;/q;;;+1/p-1. The predicted octanol–water partition coefficient (Wildman–Crippen LogP) is 1.56. The zero-order valence-corrected chi connectivity index (χ0v) is 7.34. The zero-order valence-electron chi connectivity index (χ0n) is 5.03. The Morgan fingerprint density at radius 2 is 1.90 bits per heavy atom. The van der Waals surface area contributed by atoms with E-state index < -0.39 is 15.7 Å². The average molecular weight is 245 g/mol. The Morgan fingerprint density at radius 3 is 2.40 bits per heavy atom. The van der Waals surface area contributed by atoms with Gasteiger partial charge in [0.1, 0.15) is 0 Å². The molecule has 0 bridgehead atoms. The summed E-state index contributed by atoms with van der Waals surface area (Å²) in [6, 6.07) is 9.47. The van der Waals surface area contributed by atoms with Crippen LogP contribution < -0.4 is 4.04 Å². The molecule has 3 heteroatoms. The van der Waals surface area contributed by atoms with Crippen molar-refractivity contribution in [1.29, 1.82) is 5.26 Å². The number of hydrogen-bond acceptors (Lipinski definition) is 1. The molecule has 1 aromatic rings. The molecule has 0 aliphatic rings. The van der Waals surface area contributed by atoms with Crippen LogP contribution in [0.15, 0.2) is 30.3 Å². The number of nitrogens with zero attached hydrogens (tertiary/aromatic N) is 1. The minimum absolute atomic E-state index is 0.970. The summed E-state index contributed by atoms with van der Waals surface area (Å²) in [6.45, 7) is 0. The van der Waals surface area contributed by atoms with Crippen LogP contribution in [0.5, 0.6) is 0 Å². The molecule has 55 valence electrons. The second kappa shape index (κ2) is 3.74. The van der Waals surface area contributed by atoms with Crippen LogP contribution in [-0.2, 0) is 15.7 Å². The van der Waals surface area contributed by atoms with Crippen LogP contribution in [-0.4, -0.2) is 0 Å². The van der Waals surface area contributed by atoms with E-state index in [4.69, 9.17) is 14.8 Å².